The van der Waals surface area contributed by atoms with Gasteiger partial charge in [-0.1, -0.05) is 34.1 Å². The SMILES string of the molecule is CCCC1(C(C)(C)C)CCC(C)O1. The Bertz CT molecular complexity index is 164. The average Bonchev–Trinajstić information content (AvgIpc) is 2.32. The van der Waals surface area contributed by atoms with Gasteiger partial charge in [0.1, 0.15) is 0 Å². The van der Waals surface area contributed by atoms with E-state index in [1.54, 1.807) is 0 Å². The van der Waals surface area contributed by atoms with E-state index < -0.39 is 0 Å². The molecule has 1 heteroatoms. The summed E-state index contributed by atoms with van der Waals surface area (Å²) in [5.74, 6) is 0. The van der Waals surface area contributed by atoms with E-state index in [2.05, 4.69) is 34.6 Å². The zero-order valence-electron chi connectivity index (χ0n) is 9.81. The summed E-state index contributed by atoms with van der Waals surface area (Å²) in [6, 6.07) is 0. The Morgan fingerprint density at radius 1 is 1.38 bits per heavy atom. The lowest BCUT2D eigenvalue weighted by Gasteiger charge is -2.41. The number of rotatable bonds is 2. The molecule has 1 nitrogen and oxygen atoms in total. The monoisotopic (exact) mass is 184 g/mol. The second kappa shape index (κ2) is 3.61. The lowest BCUT2D eigenvalue weighted by atomic mass is 9.72. The maximum absolute atomic E-state index is 6.15. The van der Waals surface area contributed by atoms with Crippen LogP contribution in [-0.4, -0.2) is 11.7 Å². The quantitative estimate of drug-likeness (QED) is 0.634. The van der Waals surface area contributed by atoms with Gasteiger partial charge in [-0.05, 0) is 31.6 Å². The van der Waals surface area contributed by atoms with Crippen LogP contribution < -0.4 is 0 Å². The molecule has 2 unspecified atom stereocenters. The van der Waals surface area contributed by atoms with E-state index in [9.17, 15) is 0 Å². The molecular formula is C12H24O. The normalized spacial score (nSPS) is 35.3. The molecule has 0 saturated carbocycles. The zero-order valence-corrected chi connectivity index (χ0v) is 9.81. The first-order valence-corrected chi connectivity index (χ1v) is 5.59. The van der Waals surface area contributed by atoms with Crippen molar-refractivity contribution in [3.8, 4) is 0 Å². The lowest BCUT2D eigenvalue weighted by Crippen LogP contribution is -2.42. The standard InChI is InChI=1S/C12H24O/c1-6-8-12(11(3,4)5)9-7-10(2)13-12/h10H,6-9H2,1-5H3. The molecule has 0 radical (unpaired) electrons. The predicted octanol–water partition coefficient (Wildman–Crippen LogP) is 3.77. The van der Waals surface area contributed by atoms with Gasteiger partial charge >= 0.3 is 0 Å². The summed E-state index contributed by atoms with van der Waals surface area (Å²) >= 11 is 0. The Morgan fingerprint density at radius 2 is 2.00 bits per heavy atom. The van der Waals surface area contributed by atoms with Gasteiger partial charge in [0.15, 0.2) is 0 Å². The highest BCUT2D eigenvalue weighted by molar-refractivity contribution is 4.96. The molecule has 1 saturated heterocycles. The fourth-order valence-corrected chi connectivity index (χ4v) is 2.45. The number of ether oxygens (including phenoxy) is 1. The van der Waals surface area contributed by atoms with E-state index in [0.717, 1.165) is 0 Å². The van der Waals surface area contributed by atoms with Crippen LogP contribution in [0.4, 0.5) is 0 Å². The number of hydrogen-bond donors (Lipinski definition) is 0. The summed E-state index contributed by atoms with van der Waals surface area (Å²) in [6.45, 7) is 11.4. The third-order valence-corrected chi connectivity index (χ3v) is 3.40. The number of hydrogen-bond acceptors (Lipinski definition) is 1. The van der Waals surface area contributed by atoms with Crippen LogP contribution in [0, 0.1) is 5.41 Å². The van der Waals surface area contributed by atoms with E-state index in [-0.39, 0.29) is 11.0 Å². The summed E-state index contributed by atoms with van der Waals surface area (Å²) in [5, 5.41) is 0. The summed E-state index contributed by atoms with van der Waals surface area (Å²) in [6.07, 6.45) is 5.37. The van der Waals surface area contributed by atoms with Gasteiger partial charge in [0.05, 0.1) is 11.7 Å². The van der Waals surface area contributed by atoms with Crippen molar-refractivity contribution in [1.29, 1.82) is 0 Å². The van der Waals surface area contributed by atoms with Crippen molar-refractivity contribution in [3.05, 3.63) is 0 Å². The van der Waals surface area contributed by atoms with Crippen molar-refractivity contribution in [1.82, 2.24) is 0 Å². The third kappa shape index (κ3) is 2.07. The second-order valence-electron chi connectivity index (χ2n) is 5.46. The van der Waals surface area contributed by atoms with Crippen molar-refractivity contribution in [2.45, 2.75) is 72.0 Å². The Kier molecular flexibility index (Phi) is 3.06. The molecule has 78 valence electrons. The van der Waals surface area contributed by atoms with Crippen LogP contribution >= 0.6 is 0 Å². The molecule has 0 aromatic heterocycles. The minimum atomic E-state index is 0.154. The van der Waals surface area contributed by atoms with Crippen LogP contribution in [-0.2, 0) is 4.74 Å². The Balaban J connectivity index is 2.77. The van der Waals surface area contributed by atoms with E-state index in [1.807, 2.05) is 0 Å². The molecule has 1 aliphatic heterocycles. The minimum absolute atomic E-state index is 0.154. The van der Waals surface area contributed by atoms with Crippen LogP contribution in [0.3, 0.4) is 0 Å². The summed E-state index contributed by atoms with van der Waals surface area (Å²) < 4.78 is 6.15. The van der Waals surface area contributed by atoms with Gasteiger partial charge in [-0.15, -0.1) is 0 Å². The van der Waals surface area contributed by atoms with Gasteiger partial charge in [0.25, 0.3) is 0 Å². The topological polar surface area (TPSA) is 9.23 Å². The van der Waals surface area contributed by atoms with Gasteiger partial charge in [-0.2, -0.15) is 0 Å². The molecule has 0 spiro atoms. The van der Waals surface area contributed by atoms with Gasteiger partial charge in [0.2, 0.25) is 0 Å². The highest BCUT2D eigenvalue weighted by Gasteiger charge is 2.46. The van der Waals surface area contributed by atoms with Gasteiger partial charge in [0, 0.05) is 0 Å². The first-order valence-electron chi connectivity index (χ1n) is 5.59. The van der Waals surface area contributed by atoms with Crippen LogP contribution in [0.5, 0.6) is 0 Å². The molecule has 1 fully saturated rings. The Hall–Kier alpha value is -0.0400. The fraction of sp³-hybridized carbons (Fsp3) is 1.00. The van der Waals surface area contributed by atoms with Crippen molar-refractivity contribution in [3.63, 3.8) is 0 Å². The van der Waals surface area contributed by atoms with Gasteiger partial charge in [-0.3, -0.25) is 0 Å². The molecule has 0 N–H and O–H groups in total. The van der Waals surface area contributed by atoms with Crippen molar-refractivity contribution in [2.24, 2.45) is 5.41 Å². The van der Waals surface area contributed by atoms with E-state index in [0.29, 0.717) is 6.10 Å². The van der Waals surface area contributed by atoms with Crippen molar-refractivity contribution in [2.75, 3.05) is 0 Å². The van der Waals surface area contributed by atoms with Crippen molar-refractivity contribution >= 4 is 0 Å². The van der Waals surface area contributed by atoms with Crippen LogP contribution in [0.1, 0.15) is 60.3 Å². The maximum atomic E-state index is 6.15. The first-order chi connectivity index (χ1) is 5.91. The molecule has 1 heterocycles. The van der Waals surface area contributed by atoms with E-state index in [4.69, 9.17) is 4.74 Å². The van der Waals surface area contributed by atoms with E-state index >= 15 is 0 Å². The molecule has 1 rings (SSSR count). The second-order valence-corrected chi connectivity index (χ2v) is 5.46. The average molecular weight is 184 g/mol. The zero-order chi connectivity index (χ0) is 10.1. The molecule has 0 aromatic carbocycles. The third-order valence-electron chi connectivity index (χ3n) is 3.40. The van der Waals surface area contributed by atoms with Crippen LogP contribution in [0.2, 0.25) is 0 Å². The molecular weight excluding hydrogens is 160 g/mol. The molecule has 0 aromatic rings. The molecule has 13 heavy (non-hydrogen) atoms. The molecule has 0 bridgehead atoms. The molecule has 0 aliphatic carbocycles. The van der Waals surface area contributed by atoms with Crippen LogP contribution in [0.25, 0.3) is 0 Å². The molecule has 0 amide bonds. The highest BCUT2D eigenvalue weighted by atomic mass is 16.5. The molecule has 2 atom stereocenters. The van der Waals surface area contributed by atoms with E-state index in [1.165, 1.54) is 25.7 Å². The predicted molar refractivity (Wildman–Crippen MR) is 56.9 cm³/mol. The first kappa shape index (κ1) is 11.0. The maximum Gasteiger partial charge on any atom is 0.0735 e. The van der Waals surface area contributed by atoms with Crippen molar-refractivity contribution < 1.29 is 4.74 Å². The largest absolute Gasteiger partial charge is 0.372 e. The highest BCUT2D eigenvalue weighted by Crippen LogP contribution is 2.46. The fourth-order valence-electron chi connectivity index (χ4n) is 2.45. The van der Waals surface area contributed by atoms with Gasteiger partial charge in [-0.25, -0.2) is 0 Å². The Morgan fingerprint density at radius 3 is 2.31 bits per heavy atom. The molecule has 1 aliphatic rings. The van der Waals surface area contributed by atoms with Crippen LogP contribution in [0.15, 0.2) is 0 Å². The lowest BCUT2D eigenvalue weighted by molar-refractivity contribution is -0.109. The smallest absolute Gasteiger partial charge is 0.0735 e. The van der Waals surface area contributed by atoms with Gasteiger partial charge < -0.3 is 4.74 Å². The summed E-state index contributed by atoms with van der Waals surface area (Å²) in [7, 11) is 0. The summed E-state index contributed by atoms with van der Waals surface area (Å²) in [5.41, 5.74) is 0.439. The minimum Gasteiger partial charge on any atom is -0.372 e. The Labute approximate surface area is 82.9 Å². The summed E-state index contributed by atoms with van der Waals surface area (Å²) in [4.78, 5) is 0.